The lowest BCUT2D eigenvalue weighted by Crippen LogP contribution is -2.37. The number of morpholine rings is 1. The summed E-state index contributed by atoms with van der Waals surface area (Å²) in [4.78, 5) is 42.4. The predicted molar refractivity (Wildman–Crippen MR) is 143 cm³/mol. The zero-order chi connectivity index (χ0) is 27.8. The van der Waals surface area contributed by atoms with E-state index in [1.807, 2.05) is 24.3 Å². The van der Waals surface area contributed by atoms with Crippen molar-refractivity contribution in [2.24, 2.45) is 0 Å². The van der Waals surface area contributed by atoms with Crippen LogP contribution in [0.25, 0.3) is 12.2 Å². The Hall–Kier alpha value is -4.91. The van der Waals surface area contributed by atoms with Crippen LogP contribution in [0.2, 0.25) is 0 Å². The van der Waals surface area contributed by atoms with Gasteiger partial charge in [0.05, 0.1) is 36.1 Å². The average molecular weight is 538 g/mol. The van der Waals surface area contributed by atoms with Gasteiger partial charge in [-0.15, -0.1) is 0 Å². The maximum absolute atomic E-state index is 12.7. The van der Waals surface area contributed by atoms with E-state index in [0.717, 1.165) is 18.8 Å². The zero-order valence-electron chi connectivity index (χ0n) is 21.1. The highest BCUT2D eigenvalue weighted by atomic mass is 16.6. The third-order valence-electron chi connectivity index (χ3n) is 5.67. The van der Waals surface area contributed by atoms with Crippen molar-refractivity contribution in [1.82, 2.24) is 9.97 Å². The number of ether oxygens (including phenoxy) is 3. The zero-order valence-corrected chi connectivity index (χ0v) is 21.1. The summed E-state index contributed by atoms with van der Waals surface area (Å²) >= 11 is 0. The molecule has 2 heterocycles. The molecule has 1 aromatic heterocycles. The van der Waals surface area contributed by atoms with Gasteiger partial charge in [-0.05, 0) is 42.8 Å². The Labute approximate surface area is 222 Å². The fourth-order valence-corrected chi connectivity index (χ4v) is 3.90. The van der Waals surface area contributed by atoms with Crippen LogP contribution in [0.5, 0.6) is 17.4 Å². The van der Waals surface area contributed by atoms with E-state index in [2.05, 4.69) is 20.2 Å². The van der Waals surface area contributed by atoms with Gasteiger partial charge in [0.1, 0.15) is 5.82 Å². The molecule has 4 rings (SSSR count). The summed E-state index contributed by atoms with van der Waals surface area (Å²) in [6.45, 7) is 4.62. The highest BCUT2D eigenvalue weighted by molar-refractivity contribution is 5.95. The topological polar surface area (TPSA) is 169 Å². The van der Waals surface area contributed by atoms with Crippen molar-refractivity contribution in [2.45, 2.75) is 6.92 Å². The van der Waals surface area contributed by atoms with Crippen molar-refractivity contribution in [3.63, 3.8) is 0 Å². The van der Waals surface area contributed by atoms with Crippen LogP contribution < -0.4 is 25.2 Å². The molecule has 1 saturated heterocycles. The molecule has 3 N–H and O–H groups in total. The Bertz CT molecular complexity index is 1430. The molecule has 1 aliphatic rings. The first kappa shape index (κ1) is 27.1. The van der Waals surface area contributed by atoms with E-state index in [1.165, 1.54) is 6.08 Å². The molecule has 39 heavy (non-hydrogen) atoms. The second-order valence-electron chi connectivity index (χ2n) is 8.31. The van der Waals surface area contributed by atoms with Gasteiger partial charge in [0.25, 0.3) is 11.8 Å². The number of nitrogens with zero attached hydrogens (tertiary/aromatic N) is 3. The minimum absolute atomic E-state index is 0.0737. The highest BCUT2D eigenvalue weighted by Crippen LogP contribution is 2.30. The number of rotatable bonds is 10. The van der Waals surface area contributed by atoms with E-state index in [9.17, 15) is 24.8 Å². The second-order valence-corrected chi connectivity index (χ2v) is 8.31. The number of carbonyl (C=O) groups is 1. The molecule has 3 aromatic rings. The summed E-state index contributed by atoms with van der Waals surface area (Å²) in [5.41, 5.74) is 0.118. The lowest BCUT2D eigenvalue weighted by molar-refractivity contribution is -0.387. The highest BCUT2D eigenvalue weighted by Gasteiger charge is 2.21. The fourth-order valence-electron chi connectivity index (χ4n) is 3.90. The van der Waals surface area contributed by atoms with Gasteiger partial charge in [-0.2, -0.15) is 4.98 Å². The van der Waals surface area contributed by atoms with Crippen molar-refractivity contribution < 1.29 is 29.0 Å². The van der Waals surface area contributed by atoms with Gasteiger partial charge in [-0.1, -0.05) is 24.3 Å². The first-order valence-corrected chi connectivity index (χ1v) is 12.1. The molecule has 2 aromatic carbocycles. The molecule has 0 radical (unpaired) electrons. The van der Waals surface area contributed by atoms with E-state index in [-0.39, 0.29) is 18.3 Å². The van der Waals surface area contributed by atoms with Crippen molar-refractivity contribution in [3.05, 3.63) is 74.3 Å². The molecule has 0 unspecified atom stereocenters. The second kappa shape index (κ2) is 12.6. The largest absolute Gasteiger partial charge is 0.490 e. The Kier molecular flexibility index (Phi) is 8.74. The van der Waals surface area contributed by atoms with Gasteiger partial charge >= 0.3 is 11.2 Å². The van der Waals surface area contributed by atoms with Gasteiger partial charge < -0.3 is 34.5 Å². The smallest absolute Gasteiger partial charge is 0.395 e. The normalized spacial score (nSPS) is 13.3. The van der Waals surface area contributed by atoms with Crippen LogP contribution in [-0.4, -0.2) is 65.4 Å². The van der Waals surface area contributed by atoms with Crippen LogP contribution in [-0.2, 0) is 9.53 Å². The maximum Gasteiger partial charge on any atom is 0.395 e. The number of para-hydroxylation sites is 2. The SMILES string of the molecule is CCOc1cc(/C=C/c2nc(O)c([N+](=O)[O-])c(=O)[nH]2)ccc1OCC(=O)Nc1ccccc1N1CCOCC1. The molecular weight excluding hydrogens is 510 g/mol. The molecule has 13 heteroatoms. The van der Waals surface area contributed by atoms with E-state index >= 15 is 0 Å². The first-order valence-electron chi connectivity index (χ1n) is 12.1. The number of aromatic nitrogens is 2. The molecule has 13 nitrogen and oxygen atoms in total. The van der Waals surface area contributed by atoms with Crippen molar-refractivity contribution in [3.8, 4) is 17.4 Å². The third-order valence-corrected chi connectivity index (χ3v) is 5.67. The number of nitro groups is 1. The van der Waals surface area contributed by atoms with Crippen LogP contribution in [0.3, 0.4) is 0 Å². The summed E-state index contributed by atoms with van der Waals surface area (Å²) in [6, 6.07) is 12.5. The molecule has 0 aliphatic carbocycles. The molecule has 0 atom stereocenters. The van der Waals surface area contributed by atoms with Gasteiger partial charge in [-0.25, -0.2) is 0 Å². The Morgan fingerprint density at radius 2 is 1.97 bits per heavy atom. The number of hydrogen-bond acceptors (Lipinski definition) is 10. The molecule has 0 spiro atoms. The summed E-state index contributed by atoms with van der Waals surface area (Å²) in [7, 11) is 0. The van der Waals surface area contributed by atoms with E-state index in [1.54, 1.807) is 31.2 Å². The van der Waals surface area contributed by atoms with Crippen molar-refractivity contribution in [1.29, 1.82) is 0 Å². The number of anilines is 2. The summed E-state index contributed by atoms with van der Waals surface area (Å²) in [5, 5.41) is 23.4. The molecule has 1 fully saturated rings. The lowest BCUT2D eigenvalue weighted by Gasteiger charge is -2.30. The standard InChI is InChI=1S/C26H27N5O8/c1-2-38-21-15-17(8-10-22-28-25(33)24(31(35)36)26(34)29-22)7-9-20(21)39-16-23(32)27-18-5-3-4-6-19(18)30-11-13-37-14-12-30/h3-10,15H,2,11-14,16H2,1H3,(H,27,32)(H2,28,29,33,34)/b10-8+. The Morgan fingerprint density at radius 3 is 2.69 bits per heavy atom. The van der Waals surface area contributed by atoms with Crippen molar-refractivity contribution >= 4 is 35.1 Å². The van der Waals surface area contributed by atoms with Crippen LogP contribution >= 0.6 is 0 Å². The minimum Gasteiger partial charge on any atom is -0.490 e. The summed E-state index contributed by atoms with van der Waals surface area (Å²) < 4.78 is 16.8. The van der Waals surface area contributed by atoms with Crippen LogP contribution in [0.4, 0.5) is 17.1 Å². The Balaban J connectivity index is 1.43. The number of carbonyl (C=O) groups excluding carboxylic acids is 1. The molecule has 204 valence electrons. The first-order chi connectivity index (χ1) is 18.9. The number of H-pyrrole nitrogens is 1. The number of aromatic hydroxyl groups is 1. The maximum atomic E-state index is 12.7. The fraction of sp³-hybridized carbons (Fsp3) is 0.269. The average Bonchev–Trinajstić information content (AvgIpc) is 2.92. The molecule has 0 saturated carbocycles. The number of amides is 1. The Morgan fingerprint density at radius 1 is 1.21 bits per heavy atom. The quantitative estimate of drug-likeness (QED) is 0.258. The summed E-state index contributed by atoms with van der Waals surface area (Å²) in [5.74, 6) is -0.655. The van der Waals surface area contributed by atoms with Gasteiger partial charge in [0.15, 0.2) is 18.1 Å². The van der Waals surface area contributed by atoms with E-state index in [0.29, 0.717) is 42.6 Å². The third kappa shape index (κ3) is 6.90. The van der Waals surface area contributed by atoms with Gasteiger partial charge in [0, 0.05) is 13.1 Å². The van der Waals surface area contributed by atoms with Crippen LogP contribution in [0, 0.1) is 10.1 Å². The number of nitrogens with one attached hydrogen (secondary N) is 2. The number of aromatic amines is 1. The van der Waals surface area contributed by atoms with E-state index < -0.39 is 22.0 Å². The molecule has 1 amide bonds. The summed E-state index contributed by atoms with van der Waals surface area (Å²) in [6.07, 6.45) is 2.93. The number of hydrogen-bond donors (Lipinski definition) is 3. The van der Waals surface area contributed by atoms with Crippen molar-refractivity contribution in [2.75, 3.05) is 49.7 Å². The number of benzene rings is 2. The monoisotopic (exact) mass is 537 g/mol. The molecule has 1 aliphatic heterocycles. The van der Waals surface area contributed by atoms with Gasteiger partial charge in [-0.3, -0.25) is 19.7 Å². The predicted octanol–water partition coefficient (Wildman–Crippen LogP) is 2.81. The van der Waals surface area contributed by atoms with Gasteiger partial charge in [0.2, 0.25) is 0 Å². The lowest BCUT2D eigenvalue weighted by atomic mass is 10.2. The van der Waals surface area contributed by atoms with E-state index in [4.69, 9.17) is 14.2 Å². The molecule has 0 bridgehead atoms. The molecular formula is C26H27N5O8. The van der Waals surface area contributed by atoms with Crippen LogP contribution in [0.15, 0.2) is 47.3 Å². The van der Waals surface area contributed by atoms with Crippen LogP contribution in [0.1, 0.15) is 18.3 Å². The minimum atomic E-state index is -1.07.